The first-order valence-electron chi connectivity index (χ1n) is 8.86. The number of nitrogens with one attached hydrogen (secondary N) is 2. The fourth-order valence-corrected chi connectivity index (χ4v) is 4.06. The fraction of sp³-hybridized carbons (Fsp3) is 0.250. The average molecular weight is 395 g/mol. The van der Waals surface area contributed by atoms with Crippen molar-refractivity contribution in [2.45, 2.75) is 19.9 Å². The third kappa shape index (κ3) is 3.38. The van der Waals surface area contributed by atoms with Gasteiger partial charge in [0.05, 0.1) is 30.7 Å². The molecule has 0 bridgehead atoms. The molecule has 1 atom stereocenters. The Hall–Kier alpha value is -3.13. The van der Waals surface area contributed by atoms with Crippen LogP contribution in [0.1, 0.15) is 23.7 Å². The summed E-state index contributed by atoms with van der Waals surface area (Å²) < 4.78 is 10.8. The summed E-state index contributed by atoms with van der Waals surface area (Å²) in [4.78, 5) is 11.5. The molecule has 7 nitrogen and oxygen atoms in total. The summed E-state index contributed by atoms with van der Waals surface area (Å²) >= 11 is 1.71. The summed E-state index contributed by atoms with van der Waals surface area (Å²) in [5.41, 5.74) is 1.76. The second kappa shape index (κ2) is 7.47. The van der Waals surface area contributed by atoms with E-state index in [4.69, 9.17) is 9.47 Å². The summed E-state index contributed by atoms with van der Waals surface area (Å²) in [6, 6.07) is 10.0. The molecule has 8 heteroatoms. The number of anilines is 1. The largest absolute Gasteiger partial charge is 0.493 e. The lowest BCUT2D eigenvalue weighted by atomic mass is 10.2. The maximum Gasteiger partial charge on any atom is 0.162 e. The van der Waals surface area contributed by atoms with Crippen LogP contribution in [0.3, 0.4) is 0 Å². The third-order valence-electron chi connectivity index (χ3n) is 4.47. The van der Waals surface area contributed by atoms with Crippen LogP contribution in [0.2, 0.25) is 0 Å². The van der Waals surface area contributed by atoms with Gasteiger partial charge in [0.15, 0.2) is 11.5 Å². The van der Waals surface area contributed by atoms with Gasteiger partial charge in [-0.15, -0.1) is 11.3 Å². The molecule has 0 amide bonds. The summed E-state index contributed by atoms with van der Waals surface area (Å²) in [6.07, 6.45) is 1.83. The number of fused-ring (bicyclic) bond motifs is 1. The molecule has 0 radical (unpaired) electrons. The van der Waals surface area contributed by atoms with Crippen molar-refractivity contribution in [2.75, 3.05) is 19.5 Å². The Balaban J connectivity index is 1.68. The first-order chi connectivity index (χ1) is 13.6. The van der Waals surface area contributed by atoms with Crippen molar-refractivity contribution in [1.82, 2.24) is 20.2 Å². The number of aromatic nitrogens is 4. The lowest BCUT2D eigenvalue weighted by Gasteiger charge is -2.16. The molecule has 0 spiro atoms. The molecule has 4 aromatic rings. The first kappa shape index (κ1) is 18.2. The topological polar surface area (TPSA) is 85.0 Å². The normalized spacial score (nSPS) is 12.1. The number of methoxy groups -OCH3 is 2. The Morgan fingerprint density at radius 2 is 1.86 bits per heavy atom. The number of hydrogen-bond donors (Lipinski definition) is 2. The smallest absolute Gasteiger partial charge is 0.162 e. The highest BCUT2D eigenvalue weighted by Gasteiger charge is 2.16. The molecule has 4 rings (SSSR count). The molecule has 3 heterocycles. The maximum absolute atomic E-state index is 5.45. The number of aromatic amines is 1. The van der Waals surface area contributed by atoms with Crippen LogP contribution in [-0.4, -0.2) is 34.4 Å². The van der Waals surface area contributed by atoms with Crippen LogP contribution in [-0.2, 0) is 0 Å². The summed E-state index contributed by atoms with van der Waals surface area (Å²) in [7, 11) is 3.24. The monoisotopic (exact) mass is 395 g/mol. The Morgan fingerprint density at radius 1 is 1.07 bits per heavy atom. The van der Waals surface area contributed by atoms with Gasteiger partial charge in [0, 0.05) is 22.5 Å². The minimum atomic E-state index is 0.0725. The van der Waals surface area contributed by atoms with Crippen LogP contribution in [0.4, 0.5) is 5.82 Å². The van der Waals surface area contributed by atoms with Crippen LogP contribution < -0.4 is 14.8 Å². The van der Waals surface area contributed by atoms with Gasteiger partial charge in [-0.1, -0.05) is 0 Å². The highest BCUT2D eigenvalue weighted by molar-refractivity contribution is 7.15. The molecule has 28 heavy (non-hydrogen) atoms. The van der Waals surface area contributed by atoms with Gasteiger partial charge < -0.3 is 14.8 Å². The standard InChI is InChI=1S/C20H21N5O2S/c1-11(18-5-6-19(28-18)14-7-8-21-25-14)22-20-13-9-16(26-3)17(27-4)10-15(13)23-12(2)24-20/h5-11H,1-4H3,(H,21,25)(H,22,23,24). The number of aryl methyl sites for hydroxylation is 1. The Morgan fingerprint density at radius 3 is 2.57 bits per heavy atom. The number of benzene rings is 1. The quantitative estimate of drug-likeness (QED) is 0.497. The second-order valence-electron chi connectivity index (χ2n) is 6.37. The van der Waals surface area contributed by atoms with Gasteiger partial charge in [-0.05, 0) is 38.1 Å². The third-order valence-corrected chi connectivity index (χ3v) is 5.76. The summed E-state index contributed by atoms with van der Waals surface area (Å²) in [5, 5.41) is 11.5. The highest BCUT2D eigenvalue weighted by Crippen LogP contribution is 2.36. The number of H-pyrrole nitrogens is 1. The molecule has 2 N–H and O–H groups in total. The molecule has 144 valence electrons. The average Bonchev–Trinajstić information content (AvgIpc) is 3.38. The van der Waals surface area contributed by atoms with Crippen LogP contribution in [0.15, 0.2) is 36.5 Å². The lowest BCUT2D eigenvalue weighted by molar-refractivity contribution is 0.356. The predicted octanol–water partition coefficient (Wildman–Crippen LogP) is 4.58. The Bertz CT molecular complexity index is 1110. The first-order valence-corrected chi connectivity index (χ1v) is 9.67. The minimum Gasteiger partial charge on any atom is -0.493 e. The summed E-state index contributed by atoms with van der Waals surface area (Å²) in [5.74, 6) is 2.76. The van der Waals surface area contributed by atoms with Crippen molar-refractivity contribution in [2.24, 2.45) is 0 Å². The zero-order valence-corrected chi connectivity index (χ0v) is 16.9. The van der Waals surface area contributed by atoms with Gasteiger partial charge in [-0.2, -0.15) is 5.10 Å². The van der Waals surface area contributed by atoms with Crippen LogP contribution >= 0.6 is 11.3 Å². The van der Waals surface area contributed by atoms with E-state index in [1.165, 1.54) is 4.88 Å². The number of nitrogens with zero attached hydrogens (tertiary/aromatic N) is 3. The van der Waals surface area contributed by atoms with Gasteiger partial charge in [0.2, 0.25) is 0 Å². The van der Waals surface area contributed by atoms with Crippen molar-refractivity contribution in [3.63, 3.8) is 0 Å². The molecule has 0 aliphatic carbocycles. The highest BCUT2D eigenvalue weighted by atomic mass is 32.1. The van der Waals surface area contributed by atoms with E-state index in [2.05, 4.69) is 44.5 Å². The maximum atomic E-state index is 5.45. The molecule has 1 aromatic carbocycles. The van der Waals surface area contributed by atoms with Gasteiger partial charge in [0.1, 0.15) is 17.3 Å². The molecule has 0 aliphatic rings. The zero-order chi connectivity index (χ0) is 19.7. The van der Waals surface area contributed by atoms with Crippen LogP contribution in [0.25, 0.3) is 21.5 Å². The Labute approximate surface area is 166 Å². The van der Waals surface area contributed by atoms with Gasteiger partial charge in [0.25, 0.3) is 0 Å². The fourth-order valence-electron chi connectivity index (χ4n) is 3.08. The zero-order valence-electron chi connectivity index (χ0n) is 16.1. The number of hydrogen-bond acceptors (Lipinski definition) is 7. The Kier molecular flexibility index (Phi) is 4.87. The molecule has 0 saturated heterocycles. The van der Waals surface area contributed by atoms with Crippen molar-refractivity contribution >= 4 is 28.1 Å². The van der Waals surface area contributed by atoms with Gasteiger partial charge in [-0.25, -0.2) is 9.97 Å². The van der Waals surface area contributed by atoms with Crippen molar-refractivity contribution in [3.8, 4) is 22.1 Å². The number of thiophene rings is 1. The molecular formula is C20H21N5O2S. The molecule has 0 aliphatic heterocycles. The summed E-state index contributed by atoms with van der Waals surface area (Å²) in [6.45, 7) is 4.00. The van der Waals surface area contributed by atoms with E-state index >= 15 is 0 Å². The van der Waals surface area contributed by atoms with E-state index in [0.717, 1.165) is 27.3 Å². The van der Waals surface area contributed by atoms with Crippen molar-refractivity contribution < 1.29 is 9.47 Å². The molecule has 0 fully saturated rings. The molecule has 1 unspecified atom stereocenters. The van der Waals surface area contributed by atoms with Gasteiger partial charge in [-0.3, -0.25) is 5.10 Å². The van der Waals surface area contributed by atoms with Crippen LogP contribution in [0.5, 0.6) is 11.5 Å². The predicted molar refractivity (Wildman–Crippen MR) is 111 cm³/mol. The second-order valence-corrected chi connectivity index (χ2v) is 7.49. The van der Waals surface area contributed by atoms with E-state index < -0.39 is 0 Å². The van der Waals surface area contributed by atoms with E-state index in [1.807, 2.05) is 31.3 Å². The SMILES string of the molecule is COc1cc2nc(C)nc(NC(C)c3ccc(-c4cc[nH]n4)s3)c2cc1OC. The number of rotatable bonds is 6. The van der Waals surface area contributed by atoms with Gasteiger partial charge >= 0.3 is 0 Å². The van der Waals surface area contributed by atoms with Crippen LogP contribution in [0, 0.1) is 6.92 Å². The van der Waals surface area contributed by atoms with E-state index in [-0.39, 0.29) is 6.04 Å². The van der Waals surface area contributed by atoms with Crippen molar-refractivity contribution in [1.29, 1.82) is 0 Å². The number of ether oxygens (including phenoxy) is 2. The molecular weight excluding hydrogens is 374 g/mol. The van der Waals surface area contributed by atoms with E-state index in [0.29, 0.717) is 17.3 Å². The molecule has 3 aromatic heterocycles. The van der Waals surface area contributed by atoms with E-state index in [9.17, 15) is 0 Å². The van der Waals surface area contributed by atoms with Crippen molar-refractivity contribution in [3.05, 3.63) is 47.2 Å². The minimum absolute atomic E-state index is 0.0725. The van der Waals surface area contributed by atoms with E-state index in [1.54, 1.807) is 25.6 Å². The molecule has 0 saturated carbocycles. The lowest BCUT2D eigenvalue weighted by Crippen LogP contribution is -2.08.